The number of halogens is 1. The zero-order valence-electron chi connectivity index (χ0n) is 3.85. The Hall–Kier alpha value is 0.560. The van der Waals surface area contributed by atoms with Crippen LogP contribution in [-0.4, -0.2) is 32.2 Å². The molecule has 0 fully saturated rings. The minimum atomic E-state index is -2.47. The topological polar surface area (TPSA) is 80.9 Å². The number of rotatable bonds is 1. The van der Waals surface area contributed by atoms with Gasteiger partial charge in [-0.3, -0.25) is 0 Å². The first kappa shape index (κ1) is 11.4. The molecule has 0 aromatic carbocycles. The zero-order chi connectivity index (χ0) is 6.08. The summed E-state index contributed by atoms with van der Waals surface area (Å²) in [6, 6.07) is 0. The van der Waals surface area contributed by atoms with Crippen LogP contribution in [0.25, 0.3) is 0 Å². The fraction of sp³-hybridized carbons (Fsp3) is 1.00. The average molecular weight is 163 g/mol. The van der Waals surface area contributed by atoms with Gasteiger partial charge in [0.1, 0.15) is 0 Å². The molecular formula is C2H8ClO4P. The molecule has 4 N–H and O–H groups in total. The number of hydrogen-bond acceptors (Lipinski definition) is 4. The van der Waals surface area contributed by atoms with Gasteiger partial charge in [-0.05, 0) is 0 Å². The van der Waals surface area contributed by atoms with E-state index in [1.54, 1.807) is 0 Å². The molecule has 6 heteroatoms. The quantitative estimate of drug-likeness (QED) is 0.272. The van der Waals surface area contributed by atoms with Gasteiger partial charge in [-0.1, -0.05) is 9.24 Å². The largest absolute Gasteiger partial charge is 0.364 e. The Morgan fingerprint density at radius 3 is 1.38 bits per heavy atom. The van der Waals surface area contributed by atoms with Crippen LogP contribution in [0.15, 0.2) is 0 Å². The summed E-state index contributed by atoms with van der Waals surface area (Å²) in [5.74, 6) is 0. The highest BCUT2D eigenvalue weighted by Crippen LogP contribution is 2.11. The van der Waals surface area contributed by atoms with Gasteiger partial charge >= 0.3 is 0 Å². The molecule has 0 bridgehead atoms. The van der Waals surface area contributed by atoms with Crippen LogP contribution in [0.4, 0.5) is 0 Å². The second-order valence-electron chi connectivity index (χ2n) is 1.16. The summed E-state index contributed by atoms with van der Waals surface area (Å²) in [4.78, 5) is 0. The molecule has 0 aliphatic carbocycles. The van der Waals surface area contributed by atoms with Crippen LogP contribution in [0.5, 0.6) is 0 Å². The SMILES string of the molecule is Cl.OC(O)C(O)(O)P. The van der Waals surface area contributed by atoms with Gasteiger partial charge in [0.15, 0.2) is 0 Å². The second kappa shape index (κ2) is 3.56. The van der Waals surface area contributed by atoms with Crippen molar-refractivity contribution in [2.24, 2.45) is 0 Å². The molecule has 0 radical (unpaired) electrons. The first-order valence-corrected chi connectivity index (χ1v) is 2.12. The van der Waals surface area contributed by atoms with E-state index in [1.807, 2.05) is 0 Å². The molecule has 4 nitrogen and oxygen atoms in total. The highest BCUT2D eigenvalue weighted by atomic mass is 35.5. The van der Waals surface area contributed by atoms with Crippen LogP contribution in [-0.2, 0) is 0 Å². The lowest BCUT2D eigenvalue weighted by molar-refractivity contribution is -0.233. The lowest BCUT2D eigenvalue weighted by Gasteiger charge is -2.16. The molecule has 1 atom stereocenters. The van der Waals surface area contributed by atoms with Crippen molar-refractivity contribution in [3.63, 3.8) is 0 Å². The number of aliphatic hydroxyl groups is 4. The van der Waals surface area contributed by atoms with Crippen LogP contribution in [0, 0.1) is 0 Å². The minimum Gasteiger partial charge on any atom is -0.364 e. The molecule has 1 unspecified atom stereocenters. The Morgan fingerprint density at radius 1 is 1.25 bits per heavy atom. The monoisotopic (exact) mass is 162 g/mol. The molecule has 0 aliphatic rings. The number of hydrogen-bond donors (Lipinski definition) is 4. The molecule has 0 aromatic rings. The lowest BCUT2D eigenvalue weighted by atomic mass is 10.6. The summed E-state index contributed by atoms with van der Waals surface area (Å²) in [5.41, 5.74) is -2.47. The van der Waals surface area contributed by atoms with E-state index in [1.165, 1.54) is 9.24 Å². The minimum absolute atomic E-state index is 0. The predicted molar refractivity (Wildman–Crippen MR) is 32.4 cm³/mol. The summed E-state index contributed by atoms with van der Waals surface area (Å²) in [6.07, 6.45) is -2.13. The van der Waals surface area contributed by atoms with E-state index in [2.05, 4.69) is 0 Å². The highest BCUT2D eigenvalue weighted by Gasteiger charge is 2.24. The summed E-state index contributed by atoms with van der Waals surface area (Å²) >= 11 is 0. The van der Waals surface area contributed by atoms with Gasteiger partial charge in [0, 0.05) is 0 Å². The van der Waals surface area contributed by atoms with Crippen molar-refractivity contribution in [3.8, 4) is 0 Å². The molecule has 0 saturated heterocycles. The summed E-state index contributed by atoms with van der Waals surface area (Å²) in [6.45, 7) is 0. The van der Waals surface area contributed by atoms with Crippen molar-refractivity contribution in [2.45, 2.75) is 11.8 Å². The second-order valence-corrected chi connectivity index (χ2v) is 2.01. The maximum absolute atomic E-state index is 8.11. The van der Waals surface area contributed by atoms with E-state index in [0.717, 1.165) is 0 Å². The molecule has 0 aliphatic heterocycles. The van der Waals surface area contributed by atoms with E-state index in [0.29, 0.717) is 0 Å². The fourth-order valence-electron chi connectivity index (χ4n) is 0. The molecule has 0 amide bonds. The van der Waals surface area contributed by atoms with E-state index < -0.39 is 11.8 Å². The Bertz CT molecular complexity index is 59.5. The van der Waals surface area contributed by atoms with Crippen molar-refractivity contribution in [3.05, 3.63) is 0 Å². The Morgan fingerprint density at radius 2 is 1.38 bits per heavy atom. The molecule has 0 rings (SSSR count). The molecule has 0 heterocycles. The summed E-state index contributed by atoms with van der Waals surface area (Å²) in [7, 11) is 1.44. The Labute approximate surface area is 54.8 Å². The van der Waals surface area contributed by atoms with E-state index in [9.17, 15) is 0 Å². The van der Waals surface area contributed by atoms with Crippen molar-refractivity contribution in [1.29, 1.82) is 0 Å². The van der Waals surface area contributed by atoms with Gasteiger partial charge in [-0.2, -0.15) is 0 Å². The van der Waals surface area contributed by atoms with Gasteiger partial charge in [0.05, 0.1) is 0 Å². The Kier molecular flexibility index (Phi) is 5.06. The average Bonchev–Trinajstić information content (AvgIpc) is 1.31. The van der Waals surface area contributed by atoms with Crippen LogP contribution in [0.2, 0.25) is 0 Å². The van der Waals surface area contributed by atoms with E-state index in [4.69, 9.17) is 20.4 Å². The predicted octanol–water partition coefficient (Wildman–Crippen LogP) is -1.77. The lowest BCUT2D eigenvalue weighted by Crippen LogP contribution is -2.34. The maximum atomic E-state index is 8.11. The van der Waals surface area contributed by atoms with Crippen molar-refractivity contribution in [2.75, 3.05) is 0 Å². The zero-order valence-corrected chi connectivity index (χ0v) is 5.82. The van der Waals surface area contributed by atoms with Gasteiger partial charge in [-0.15, -0.1) is 12.4 Å². The fourth-order valence-corrected chi connectivity index (χ4v) is 0. The molecule has 0 spiro atoms. The standard InChI is InChI=1S/C2H7O4P.ClH/c3-1(4)2(5,6)7;/h1,3-6H,7H2;1H. The van der Waals surface area contributed by atoms with E-state index in [-0.39, 0.29) is 12.4 Å². The van der Waals surface area contributed by atoms with Crippen molar-refractivity contribution >= 4 is 21.6 Å². The van der Waals surface area contributed by atoms with Crippen LogP contribution in [0.3, 0.4) is 0 Å². The first-order chi connectivity index (χ1) is 2.94. The number of aliphatic hydroxyl groups excluding tert-OH is 1. The third-order valence-corrected chi connectivity index (χ3v) is 0.678. The smallest absolute Gasteiger partial charge is 0.228 e. The maximum Gasteiger partial charge on any atom is 0.228 e. The summed E-state index contributed by atoms with van der Waals surface area (Å²) < 4.78 is 0. The molecule has 0 aromatic heterocycles. The normalized spacial score (nSPS) is 11.2. The molecule has 8 heavy (non-hydrogen) atoms. The van der Waals surface area contributed by atoms with Crippen molar-refractivity contribution in [1.82, 2.24) is 0 Å². The third kappa shape index (κ3) is 4.71. The van der Waals surface area contributed by atoms with Gasteiger partial charge < -0.3 is 20.4 Å². The van der Waals surface area contributed by atoms with Crippen LogP contribution in [0.1, 0.15) is 0 Å². The van der Waals surface area contributed by atoms with Crippen LogP contribution < -0.4 is 0 Å². The van der Waals surface area contributed by atoms with E-state index >= 15 is 0 Å². The first-order valence-electron chi connectivity index (χ1n) is 1.54. The van der Waals surface area contributed by atoms with Gasteiger partial charge in [-0.25, -0.2) is 0 Å². The van der Waals surface area contributed by atoms with Gasteiger partial charge in [0.25, 0.3) is 0 Å². The molecule has 52 valence electrons. The van der Waals surface area contributed by atoms with Crippen LogP contribution >= 0.6 is 21.6 Å². The van der Waals surface area contributed by atoms with Crippen molar-refractivity contribution < 1.29 is 20.4 Å². The third-order valence-electron chi connectivity index (χ3n) is 0.380. The molecule has 0 saturated carbocycles. The van der Waals surface area contributed by atoms with Gasteiger partial charge in [0.2, 0.25) is 11.8 Å². The Balaban J connectivity index is 0. The highest BCUT2D eigenvalue weighted by molar-refractivity contribution is 7.18. The molecular weight excluding hydrogens is 154 g/mol. The summed E-state index contributed by atoms with van der Waals surface area (Å²) in [5, 5.41) is 32.1.